The van der Waals surface area contributed by atoms with Gasteiger partial charge in [0.25, 0.3) is 0 Å². The quantitative estimate of drug-likeness (QED) is 0.260. The number of aliphatic hydroxyl groups is 1. The minimum absolute atomic E-state index is 0.0740. The van der Waals surface area contributed by atoms with Crippen LogP contribution in [0.15, 0.2) is 83.1 Å². The van der Waals surface area contributed by atoms with Crippen LogP contribution in [0, 0.1) is 31.6 Å². The van der Waals surface area contributed by atoms with Gasteiger partial charge in [-0.15, -0.1) is 4.91 Å². The van der Waals surface area contributed by atoms with Crippen LogP contribution in [0.2, 0.25) is 0 Å². The molecule has 0 heterocycles. The average molecular weight is 510 g/mol. The largest absolute Gasteiger partial charge is 0.508 e. The third-order valence-electron chi connectivity index (χ3n) is 8.63. The zero-order valence-corrected chi connectivity index (χ0v) is 23.8. The maximum Gasteiger partial charge on any atom is 0.118 e. The lowest BCUT2D eigenvalue weighted by Gasteiger charge is -2.35. The van der Waals surface area contributed by atoms with Crippen molar-refractivity contribution in [1.29, 1.82) is 0 Å². The number of nitrogens with zero attached hydrogens (tertiary/aromatic N) is 1. The van der Waals surface area contributed by atoms with Gasteiger partial charge in [-0.1, -0.05) is 81.5 Å². The highest BCUT2D eigenvalue weighted by atomic mass is 16.3. The molecule has 3 unspecified atom stereocenters. The van der Waals surface area contributed by atoms with Crippen molar-refractivity contribution >= 4 is 5.69 Å². The highest BCUT2D eigenvalue weighted by molar-refractivity contribution is 5.60. The van der Waals surface area contributed by atoms with Crippen molar-refractivity contribution < 1.29 is 10.2 Å². The van der Waals surface area contributed by atoms with Gasteiger partial charge in [0.15, 0.2) is 0 Å². The zero-order valence-electron chi connectivity index (χ0n) is 23.8. The smallest absolute Gasteiger partial charge is 0.118 e. The van der Waals surface area contributed by atoms with Gasteiger partial charge in [-0.05, 0) is 96.0 Å². The molecule has 1 aliphatic rings. The second kappa shape index (κ2) is 9.99. The summed E-state index contributed by atoms with van der Waals surface area (Å²) >= 11 is 0. The minimum Gasteiger partial charge on any atom is -0.508 e. The van der Waals surface area contributed by atoms with Crippen molar-refractivity contribution in [3.63, 3.8) is 0 Å². The third-order valence-corrected chi connectivity index (χ3v) is 8.63. The Kier molecular flexibility index (Phi) is 7.24. The summed E-state index contributed by atoms with van der Waals surface area (Å²) in [6.45, 7) is 16.4. The fourth-order valence-electron chi connectivity index (χ4n) is 5.80. The Morgan fingerprint density at radius 1 is 0.763 bits per heavy atom. The first kappa shape index (κ1) is 27.5. The number of hydrogen-bond acceptors (Lipinski definition) is 4. The number of aromatic hydroxyl groups is 1. The Hall–Kier alpha value is -3.50. The van der Waals surface area contributed by atoms with Gasteiger partial charge < -0.3 is 10.2 Å². The number of phenolic OH excluding ortho intramolecular Hbond substituents is 1. The lowest BCUT2D eigenvalue weighted by molar-refractivity contribution is 0.170. The highest BCUT2D eigenvalue weighted by Gasteiger charge is 2.34. The van der Waals surface area contributed by atoms with Crippen LogP contribution in [-0.2, 0) is 10.8 Å². The first-order valence-corrected chi connectivity index (χ1v) is 13.3. The Labute approximate surface area is 226 Å². The van der Waals surface area contributed by atoms with Gasteiger partial charge in [-0.2, -0.15) is 0 Å². The molecular formula is C34H39NO3. The number of hydrogen-bond donors (Lipinski definition) is 2. The standard InChI is InChI=1S/C34H39NO3/c1-20-15-27(13-14-30(20)36)34(8,29-16-21(2)31(35-38)22(3)17-29)26-11-9-25(10-12-26)33(6,7)28-18-23(4)32(37)24(5)19-28/h9-19,23,32,36-37H,1-8H3. The van der Waals surface area contributed by atoms with Crippen molar-refractivity contribution in [3.8, 4) is 5.75 Å². The summed E-state index contributed by atoms with van der Waals surface area (Å²) in [6.07, 6.45) is 3.87. The monoisotopic (exact) mass is 509 g/mol. The lowest BCUT2D eigenvalue weighted by atomic mass is 9.68. The van der Waals surface area contributed by atoms with Crippen LogP contribution in [0.1, 0.15) is 73.6 Å². The number of nitroso groups, excluding NO2 is 1. The van der Waals surface area contributed by atoms with Crippen molar-refractivity contribution in [1.82, 2.24) is 0 Å². The van der Waals surface area contributed by atoms with Crippen LogP contribution in [0.5, 0.6) is 5.75 Å². The van der Waals surface area contributed by atoms with Gasteiger partial charge in [-0.25, -0.2) is 0 Å². The minimum atomic E-state index is -0.530. The summed E-state index contributed by atoms with van der Waals surface area (Å²) < 4.78 is 0. The number of rotatable bonds is 6. The van der Waals surface area contributed by atoms with E-state index in [1.165, 1.54) is 11.1 Å². The highest BCUT2D eigenvalue weighted by Crippen LogP contribution is 2.44. The van der Waals surface area contributed by atoms with E-state index in [0.29, 0.717) is 5.69 Å². The van der Waals surface area contributed by atoms with E-state index >= 15 is 0 Å². The van der Waals surface area contributed by atoms with E-state index in [-0.39, 0.29) is 17.1 Å². The third kappa shape index (κ3) is 4.63. The van der Waals surface area contributed by atoms with E-state index in [1.54, 1.807) is 6.07 Å². The van der Waals surface area contributed by atoms with Crippen molar-refractivity contribution in [2.45, 2.75) is 72.3 Å². The molecule has 0 aromatic heterocycles. The van der Waals surface area contributed by atoms with Crippen LogP contribution in [0.25, 0.3) is 0 Å². The van der Waals surface area contributed by atoms with E-state index in [9.17, 15) is 15.1 Å². The first-order valence-electron chi connectivity index (χ1n) is 13.3. The molecule has 0 amide bonds. The van der Waals surface area contributed by atoms with Gasteiger partial charge in [0.1, 0.15) is 11.4 Å². The summed E-state index contributed by atoms with van der Waals surface area (Å²) in [5, 5.41) is 23.9. The summed E-state index contributed by atoms with van der Waals surface area (Å²) in [5.74, 6) is 0.342. The van der Waals surface area contributed by atoms with Gasteiger partial charge in [0.2, 0.25) is 0 Å². The van der Waals surface area contributed by atoms with Gasteiger partial charge in [0.05, 0.1) is 6.10 Å². The molecule has 1 aliphatic carbocycles. The predicted octanol–water partition coefficient (Wildman–Crippen LogP) is 8.23. The molecule has 0 aliphatic heterocycles. The van der Waals surface area contributed by atoms with E-state index in [0.717, 1.165) is 39.0 Å². The molecule has 0 saturated carbocycles. The second-order valence-electron chi connectivity index (χ2n) is 11.7. The first-order chi connectivity index (χ1) is 17.8. The molecule has 0 bridgehead atoms. The summed E-state index contributed by atoms with van der Waals surface area (Å²) in [5.41, 5.74) is 8.85. The van der Waals surface area contributed by atoms with Crippen LogP contribution < -0.4 is 0 Å². The molecule has 3 aromatic rings. The molecule has 4 nitrogen and oxygen atoms in total. The molecule has 0 fully saturated rings. The number of aliphatic hydroxyl groups excluding tert-OH is 1. The Balaban J connectivity index is 1.86. The molecule has 38 heavy (non-hydrogen) atoms. The molecular weight excluding hydrogens is 470 g/mol. The van der Waals surface area contributed by atoms with Crippen molar-refractivity contribution in [2.24, 2.45) is 11.1 Å². The fraction of sp³-hybridized carbons (Fsp3) is 0.353. The Morgan fingerprint density at radius 2 is 1.29 bits per heavy atom. The number of phenols is 1. The average Bonchev–Trinajstić information content (AvgIpc) is 2.88. The van der Waals surface area contributed by atoms with Crippen LogP contribution >= 0.6 is 0 Å². The lowest BCUT2D eigenvalue weighted by Crippen LogP contribution is -2.28. The fourth-order valence-corrected chi connectivity index (χ4v) is 5.80. The maximum atomic E-state index is 11.5. The summed E-state index contributed by atoms with van der Waals surface area (Å²) in [7, 11) is 0. The molecule has 4 rings (SSSR count). The number of allylic oxidation sites excluding steroid dienone is 2. The molecule has 0 radical (unpaired) electrons. The van der Waals surface area contributed by atoms with E-state index in [4.69, 9.17) is 0 Å². The Morgan fingerprint density at radius 3 is 1.82 bits per heavy atom. The predicted molar refractivity (Wildman–Crippen MR) is 156 cm³/mol. The SMILES string of the molecule is CC1=CC(C(C)(C)c2ccc(C(C)(c3ccc(O)c(C)c3)c3cc(C)c(N=O)c(C)c3)cc2)=CC(C)C1O. The van der Waals surface area contributed by atoms with E-state index in [2.05, 4.69) is 81.4 Å². The molecule has 3 aromatic carbocycles. The van der Waals surface area contributed by atoms with Gasteiger partial charge in [-0.3, -0.25) is 0 Å². The summed E-state index contributed by atoms with van der Waals surface area (Å²) in [6, 6.07) is 18.6. The topological polar surface area (TPSA) is 69.9 Å². The van der Waals surface area contributed by atoms with Gasteiger partial charge >= 0.3 is 0 Å². The van der Waals surface area contributed by atoms with Crippen LogP contribution in [0.3, 0.4) is 0 Å². The molecule has 4 heteroatoms. The molecule has 2 N–H and O–H groups in total. The molecule has 198 valence electrons. The van der Waals surface area contributed by atoms with E-state index in [1.807, 2.05) is 39.8 Å². The number of aryl methyl sites for hydroxylation is 3. The molecule has 0 saturated heterocycles. The van der Waals surface area contributed by atoms with E-state index < -0.39 is 11.5 Å². The second-order valence-corrected chi connectivity index (χ2v) is 11.7. The van der Waals surface area contributed by atoms with Crippen LogP contribution in [0.4, 0.5) is 5.69 Å². The zero-order chi connectivity index (χ0) is 28.0. The number of benzene rings is 3. The van der Waals surface area contributed by atoms with Crippen molar-refractivity contribution in [3.05, 3.63) is 122 Å². The molecule has 3 atom stereocenters. The Bertz CT molecular complexity index is 1420. The maximum absolute atomic E-state index is 11.5. The summed E-state index contributed by atoms with van der Waals surface area (Å²) in [4.78, 5) is 11.5. The molecule has 0 spiro atoms. The van der Waals surface area contributed by atoms with Gasteiger partial charge in [0, 0.05) is 16.7 Å². The van der Waals surface area contributed by atoms with Crippen LogP contribution in [-0.4, -0.2) is 16.3 Å². The van der Waals surface area contributed by atoms with Crippen molar-refractivity contribution in [2.75, 3.05) is 0 Å². The normalized spacial score (nSPS) is 19.4.